The van der Waals surface area contributed by atoms with Crippen molar-refractivity contribution in [3.05, 3.63) is 75.3 Å². The van der Waals surface area contributed by atoms with Crippen molar-refractivity contribution >= 4 is 11.5 Å². The Labute approximate surface area is 127 Å². The molecule has 0 aromatic heterocycles. The standard InChI is InChI=1S/C17H15NO4/c1-2-11-6-8-12(9-7-11)15(19)17-16(22-17)13-4-3-5-14(10-13)18(20)21/h3-10,16-17H,2H2,1H3. The first-order valence-electron chi connectivity index (χ1n) is 7.13. The van der Waals surface area contributed by atoms with Gasteiger partial charge in [-0.25, -0.2) is 0 Å². The zero-order valence-corrected chi connectivity index (χ0v) is 12.1. The number of rotatable bonds is 5. The Morgan fingerprint density at radius 2 is 1.95 bits per heavy atom. The Kier molecular flexibility index (Phi) is 3.73. The molecule has 0 saturated carbocycles. The summed E-state index contributed by atoms with van der Waals surface area (Å²) in [4.78, 5) is 22.7. The average Bonchev–Trinajstić information content (AvgIpc) is 3.35. The number of ketones is 1. The van der Waals surface area contributed by atoms with Gasteiger partial charge in [-0.3, -0.25) is 14.9 Å². The fourth-order valence-corrected chi connectivity index (χ4v) is 2.45. The molecule has 1 heterocycles. The van der Waals surface area contributed by atoms with E-state index in [-0.39, 0.29) is 11.5 Å². The third-order valence-corrected chi connectivity index (χ3v) is 3.81. The quantitative estimate of drug-likeness (QED) is 0.366. The van der Waals surface area contributed by atoms with Crippen molar-refractivity contribution in [3.8, 4) is 0 Å². The number of hydrogen-bond donors (Lipinski definition) is 0. The van der Waals surface area contributed by atoms with E-state index in [2.05, 4.69) is 6.92 Å². The Morgan fingerprint density at radius 1 is 1.23 bits per heavy atom. The van der Waals surface area contributed by atoms with Gasteiger partial charge in [0, 0.05) is 17.7 Å². The van der Waals surface area contributed by atoms with Gasteiger partial charge >= 0.3 is 0 Å². The minimum absolute atomic E-state index is 0.00602. The van der Waals surface area contributed by atoms with E-state index in [1.807, 2.05) is 12.1 Å². The molecule has 0 spiro atoms. The van der Waals surface area contributed by atoms with Crippen molar-refractivity contribution in [1.29, 1.82) is 0 Å². The molecule has 112 valence electrons. The second-order valence-electron chi connectivity index (χ2n) is 5.24. The van der Waals surface area contributed by atoms with Gasteiger partial charge in [-0.2, -0.15) is 0 Å². The van der Waals surface area contributed by atoms with Crippen molar-refractivity contribution in [2.24, 2.45) is 0 Å². The molecule has 1 saturated heterocycles. The Hall–Kier alpha value is -2.53. The molecular formula is C17H15NO4. The Bertz CT molecular complexity index is 724. The van der Waals surface area contributed by atoms with Crippen LogP contribution in [0, 0.1) is 10.1 Å². The number of Topliss-reactive ketones (excluding diaryl/α,β-unsaturated/α-hetero) is 1. The Morgan fingerprint density at radius 3 is 2.59 bits per heavy atom. The topological polar surface area (TPSA) is 72.7 Å². The van der Waals surface area contributed by atoms with Gasteiger partial charge in [0.25, 0.3) is 5.69 Å². The fraction of sp³-hybridized carbons (Fsp3) is 0.235. The van der Waals surface area contributed by atoms with Gasteiger partial charge in [-0.05, 0) is 17.5 Å². The van der Waals surface area contributed by atoms with Crippen LogP contribution in [0.1, 0.15) is 34.5 Å². The van der Waals surface area contributed by atoms with Crippen LogP contribution in [0.2, 0.25) is 0 Å². The van der Waals surface area contributed by atoms with Crippen molar-refractivity contribution in [1.82, 2.24) is 0 Å². The summed E-state index contributed by atoms with van der Waals surface area (Å²) in [5, 5.41) is 10.8. The van der Waals surface area contributed by atoms with Gasteiger partial charge in [-0.1, -0.05) is 43.3 Å². The summed E-state index contributed by atoms with van der Waals surface area (Å²) in [7, 11) is 0. The minimum Gasteiger partial charge on any atom is -0.356 e. The number of benzene rings is 2. The molecular weight excluding hydrogens is 282 g/mol. The van der Waals surface area contributed by atoms with Gasteiger partial charge in [0.05, 0.1) is 4.92 Å². The highest BCUT2D eigenvalue weighted by Crippen LogP contribution is 2.41. The van der Waals surface area contributed by atoms with Gasteiger partial charge in [0.2, 0.25) is 0 Å². The number of epoxide rings is 1. The number of hydrogen-bond acceptors (Lipinski definition) is 4. The normalized spacial score (nSPS) is 19.7. The van der Waals surface area contributed by atoms with E-state index in [0.717, 1.165) is 6.42 Å². The van der Waals surface area contributed by atoms with Crippen LogP contribution in [0.5, 0.6) is 0 Å². The first-order chi connectivity index (χ1) is 10.6. The number of aryl methyl sites for hydroxylation is 1. The van der Waals surface area contributed by atoms with Crippen molar-refractivity contribution in [2.75, 3.05) is 0 Å². The van der Waals surface area contributed by atoms with Crippen molar-refractivity contribution in [2.45, 2.75) is 25.6 Å². The fourth-order valence-electron chi connectivity index (χ4n) is 2.45. The molecule has 5 heteroatoms. The van der Waals surface area contributed by atoms with Crippen LogP contribution in [0.25, 0.3) is 0 Å². The number of nitrogens with zero attached hydrogens (tertiary/aromatic N) is 1. The highest BCUT2D eigenvalue weighted by molar-refractivity contribution is 6.01. The minimum atomic E-state index is -0.547. The SMILES string of the molecule is CCc1ccc(C(=O)C2OC2c2cccc([N+](=O)[O-])c2)cc1. The summed E-state index contributed by atoms with van der Waals surface area (Å²) < 4.78 is 5.44. The van der Waals surface area contributed by atoms with Gasteiger partial charge < -0.3 is 4.74 Å². The van der Waals surface area contributed by atoms with Gasteiger partial charge in [0.1, 0.15) is 6.10 Å². The lowest BCUT2D eigenvalue weighted by atomic mass is 10.0. The molecule has 2 aromatic carbocycles. The van der Waals surface area contributed by atoms with Gasteiger partial charge in [-0.15, -0.1) is 0 Å². The van der Waals surface area contributed by atoms with E-state index >= 15 is 0 Å². The van der Waals surface area contributed by atoms with E-state index in [1.54, 1.807) is 24.3 Å². The molecule has 5 nitrogen and oxygen atoms in total. The number of carbonyl (C=O) groups excluding carboxylic acids is 1. The summed E-state index contributed by atoms with van der Waals surface area (Å²) in [6.07, 6.45) is -0.0159. The maximum atomic E-state index is 12.4. The van der Waals surface area contributed by atoms with Gasteiger partial charge in [0.15, 0.2) is 11.9 Å². The van der Waals surface area contributed by atoms with Crippen LogP contribution in [0.3, 0.4) is 0 Å². The average molecular weight is 297 g/mol. The smallest absolute Gasteiger partial charge is 0.269 e. The lowest BCUT2D eigenvalue weighted by Gasteiger charge is -2.00. The molecule has 0 amide bonds. The molecule has 0 radical (unpaired) electrons. The third kappa shape index (κ3) is 2.76. The molecule has 3 rings (SSSR count). The monoisotopic (exact) mass is 297 g/mol. The molecule has 22 heavy (non-hydrogen) atoms. The van der Waals surface area contributed by atoms with Crippen LogP contribution >= 0.6 is 0 Å². The number of non-ortho nitro benzene ring substituents is 1. The highest BCUT2D eigenvalue weighted by Gasteiger charge is 2.46. The third-order valence-electron chi connectivity index (χ3n) is 3.81. The zero-order valence-electron chi connectivity index (χ0n) is 12.1. The summed E-state index contributed by atoms with van der Waals surface area (Å²) in [6, 6.07) is 13.7. The van der Waals surface area contributed by atoms with Crippen LogP contribution < -0.4 is 0 Å². The zero-order chi connectivity index (χ0) is 15.7. The largest absolute Gasteiger partial charge is 0.356 e. The molecule has 2 unspecified atom stereocenters. The van der Waals surface area contributed by atoms with Crippen LogP contribution in [0.4, 0.5) is 5.69 Å². The predicted molar refractivity (Wildman–Crippen MR) is 80.9 cm³/mol. The van der Waals surface area contributed by atoms with E-state index in [1.165, 1.54) is 17.7 Å². The molecule has 1 fully saturated rings. The molecule has 0 bridgehead atoms. The molecule has 1 aliphatic heterocycles. The molecule has 1 aliphatic rings. The van der Waals surface area contributed by atoms with Crippen LogP contribution in [-0.2, 0) is 11.2 Å². The molecule has 0 N–H and O–H groups in total. The lowest BCUT2D eigenvalue weighted by molar-refractivity contribution is -0.384. The second-order valence-corrected chi connectivity index (χ2v) is 5.24. The van der Waals surface area contributed by atoms with Crippen molar-refractivity contribution < 1.29 is 14.5 Å². The van der Waals surface area contributed by atoms with E-state index in [0.29, 0.717) is 11.1 Å². The summed E-state index contributed by atoms with van der Waals surface area (Å²) in [6.45, 7) is 2.05. The molecule has 2 atom stereocenters. The van der Waals surface area contributed by atoms with Crippen LogP contribution in [0.15, 0.2) is 48.5 Å². The second kappa shape index (κ2) is 5.69. The predicted octanol–water partition coefficient (Wildman–Crippen LogP) is 3.48. The van der Waals surface area contributed by atoms with E-state index in [4.69, 9.17) is 4.74 Å². The number of nitro benzene ring substituents is 1. The number of ether oxygens (including phenoxy) is 1. The first kappa shape index (κ1) is 14.4. The van der Waals surface area contributed by atoms with E-state index in [9.17, 15) is 14.9 Å². The lowest BCUT2D eigenvalue weighted by Crippen LogP contribution is -2.08. The summed E-state index contributed by atoms with van der Waals surface area (Å²) in [5.74, 6) is -0.0841. The van der Waals surface area contributed by atoms with Crippen LogP contribution in [-0.4, -0.2) is 16.8 Å². The number of carbonyl (C=O) groups is 1. The van der Waals surface area contributed by atoms with E-state index < -0.39 is 17.1 Å². The summed E-state index contributed by atoms with van der Waals surface area (Å²) >= 11 is 0. The maximum Gasteiger partial charge on any atom is 0.269 e. The molecule has 0 aliphatic carbocycles. The molecule has 2 aromatic rings. The first-order valence-corrected chi connectivity index (χ1v) is 7.13. The van der Waals surface area contributed by atoms with Crippen molar-refractivity contribution in [3.63, 3.8) is 0 Å². The maximum absolute atomic E-state index is 12.4. The summed E-state index contributed by atoms with van der Waals surface area (Å²) in [5.41, 5.74) is 2.45. The number of nitro groups is 1. The Balaban J connectivity index is 1.74. The highest BCUT2D eigenvalue weighted by atomic mass is 16.6.